The average molecular weight is 218 g/mol. The summed E-state index contributed by atoms with van der Waals surface area (Å²) in [6.45, 7) is 3.19. The minimum Gasteiger partial charge on any atom is -0.265 e. The summed E-state index contributed by atoms with van der Waals surface area (Å²) in [4.78, 5) is 20.2. The van der Waals surface area contributed by atoms with Gasteiger partial charge in [0.2, 0.25) is 13.1 Å². The van der Waals surface area contributed by atoms with Crippen LogP contribution < -0.4 is 0 Å². The summed E-state index contributed by atoms with van der Waals surface area (Å²) in [5.74, 6) is 0. The predicted molar refractivity (Wildman–Crippen MR) is 56.0 cm³/mol. The Labute approximate surface area is 89.0 Å². The maximum atomic E-state index is 10.5. The van der Waals surface area contributed by atoms with Gasteiger partial charge in [0.15, 0.2) is 0 Å². The van der Waals surface area contributed by atoms with Crippen molar-refractivity contribution in [2.45, 2.75) is 39.5 Å². The first-order valence-corrected chi connectivity index (χ1v) is 5.19. The Morgan fingerprint density at radius 2 is 1.27 bits per heavy atom. The van der Waals surface area contributed by atoms with E-state index in [0.717, 1.165) is 12.8 Å². The smallest absolute Gasteiger partial charge is 0.215 e. The van der Waals surface area contributed by atoms with Gasteiger partial charge in [0.25, 0.3) is 0 Å². The lowest BCUT2D eigenvalue weighted by atomic mass is 9.79. The van der Waals surface area contributed by atoms with Gasteiger partial charge in [-0.1, -0.05) is 26.7 Å². The summed E-state index contributed by atoms with van der Waals surface area (Å²) in [6.07, 6.45) is 2.56. The molecule has 0 atom stereocenters. The van der Waals surface area contributed by atoms with Crippen molar-refractivity contribution in [1.82, 2.24) is 0 Å². The second kappa shape index (κ2) is 6.31. The van der Waals surface area contributed by atoms with Crippen molar-refractivity contribution in [3.63, 3.8) is 0 Å². The predicted octanol–water partition coefficient (Wildman–Crippen LogP) is 2.13. The molecule has 0 bridgehead atoms. The van der Waals surface area contributed by atoms with E-state index >= 15 is 0 Å². The molecule has 0 aromatic rings. The van der Waals surface area contributed by atoms with Crippen LogP contribution in [0.15, 0.2) is 0 Å². The molecule has 0 radical (unpaired) electrons. The Morgan fingerprint density at radius 3 is 1.47 bits per heavy atom. The fraction of sp³-hybridized carbons (Fsp3) is 1.00. The lowest BCUT2D eigenvalue weighted by molar-refractivity contribution is -0.540. The van der Waals surface area contributed by atoms with Crippen LogP contribution in [0.2, 0.25) is 0 Å². The van der Waals surface area contributed by atoms with Crippen molar-refractivity contribution >= 4 is 0 Å². The zero-order valence-corrected chi connectivity index (χ0v) is 9.27. The zero-order chi connectivity index (χ0) is 11.9. The highest BCUT2D eigenvalue weighted by atomic mass is 16.6. The van der Waals surface area contributed by atoms with Gasteiger partial charge in [0.05, 0.1) is 5.41 Å². The molecule has 6 nitrogen and oxygen atoms in total. The molecule has 0 aliphatic heterocycles. The van der Waals surface area contributed by atoms with Crippen LogP contribution in [0.5, 0.6) is 0 Å². The van der Waals surface area contributed by atoms with Gasteiger partial charge in [-0.05, 0) is 12.8 Å². The van der Waals surface area contributed by atoms with Gasteiger partial charge in [-0.25, -0.2) is 0 Å². The molecule has 0 N–H and O–H groups in total. The summed E-state index contributed by atoms with van der Waals surface area (Å²) in [5, 5.41) is 21.1. The molecule has 0 heterocycles. The molecule has 0 spiro atoms. The molecule has 0 saturated carbocycles. The first kappa shape index (κ1) is 13.8. The van der Waals surface area contributed by atoms with E-state index in [1.54, 1.807) is 0 Å². The second-order valence-corrected chi connectivity index (χ2v) is 3.98. The second-order valence-electron chi connectivity index (χ2n) is 3.98. The Hall–Kier alpha value is -1.20. The highest BCUT2D eigenvalue weighted by molar-refractivity contribution is 4.77. The van der Waals surface area contributed by atoms with E-state index in [2.05, 4.69) is 0 Å². The minimum absolute atomic E-state index is 0.296. The highest BCUT2D eigenvalue weighted by Crippen LogP contribution is 2.30. The summed E-state index contributed by atoms with van der Waals surface area (Å²) in [5.41, 5.74) is -0.753. The van der Waals surface area contributed by atoms with Crippen molar-refractivity contribution in [3.05, 3.63) is 20.2 Å². The molecule has 88 valence electrons. The molecule has 0 aliphatic rings. The normalized spacial score (nSPS) is 11.3. The molecular weight excluding hydrogens is 200 g/mol. The monoisotopic (exact) mass is 218 g/mol. The van der Waals surface area contributed by atoms with Crippen molar-refractivity contribution in [3.8, 4) is 0 Å². The van der Waals surface area contributed by atoms with E-state index in [1.807, 2.05) is 13.8 Å². The van der Waals surface area contributed by atoms with Gasteiger partial charge in [-0.15, -0.1) is 0 Å². The minimum atomic E-state index is -0.753. The molecule has 0 rings (SSSR count). The van der Waals surface area contributed by atoms with Crippen LogP contribution in [0.1, 0.15) is 39.5 Å². The van der Waals surface area contributed by atoms with Gasteiger partial charge in [0, 0.05) is 9.85 Å². The SMILES string of the molecule is CCCC(CCC)(C[N+](=O)[O-])C[N+](=O)[O-]. The van der Waals surface area contributed by atoms with Crippen LogP contribution >= 0.6 is 0 Å². The topological polar surface area (TPSA) is 86.3 Å². The number of hydrogen-bond donors (Lipinski definition) is 0. The standard InChI is InChI=1S/C9H18N2O4/c1-3-5-9(6-4-2,7-10(12)13)8-11(14)15/h3-8H2,1-2H3. The van der Waals surface area contributed by atoms with E-state index < -0.39 is 15.3 Å². The number of nitro groups is 2. The van der Waals surface area contributed by atoms with Crippen LogP contribution in [0, 0.1) is 25.6 Å². The van der Waals surface area contributed by atoms with Crippen molar-refractivity contribution < 1.29 is 9.85 Å². The quantitative estimate of drug-likeness (QED) is 0.461. The largest absolute Gasteiger partial charge is 0.265 e. The van der Waals surface area contributed by atoms with Crippen LogP contribution in [0.25, 0.3) is 0 Å². The average Bonchev–Trinajstić information content (AvgIpc) is 2.01. The highest BCUT2D eigenvalue weighted by Gasteiger charge is 2.39. The Kier molecular flexibility index (Phi) is 5.81. The third-order valence-corrected chi connectivity index (χ3v) is 2.49. The van der Waals surface area contributed by atoms with E-state index in [-0.39, 0.29) is 13.1 Å². The fourth-order valence-electron chi connectivity index (χ4n) is 2.10. The lowest BCUT2D eigenvalue weighted by Crippen LogP contribution is -2.36. The molecule has 0 aromatic carbocycles. The van der Waals surface area contributed by atoms with Gasteiger partial charge < -0.3 is 0 Å². The molecule has 15 heavy (non-hydrogen) atoms. The van der Waals surface area contributed by atoms with E-state index in [9.17, 15) is 20.2 Å². The molecule has 0 fully saturated rings. The third kappa shape index (κ3) is 5.29. The summed E-state index contributed by atoms with van der Waals surface area (Å²) < 4.78 is 0. The summed E-state index contributed by atoms with van der Waals surface area (Å²) in [6, 6.07) is 0. The Morgan fingerprint density at radius 1 is 0.933 bits per heavy atom. The van der Waals surface area contributed by atoms with Crippen LogP contribution in [0.4, 0.5) is 0 Å². The van der Waals surface area contributed by atoms with Gasteiger partial charge in [-0.2, -0.15) is 0 Å². The van der Waals surface area contributed by atoms with Crippen molar-refractivity contribution in [2.24, 2.45) is 5.41 Å². The Bertz CT molecular complexity index is 206. The maximum absolute atomic E-state index is 10.5. The van der Waals surface area contributed by atoms with Crippen LogP contribution in [0.3, 0.4) is 0 Å². The Balaban J connectivity index is 4.69. The molecule has 0 unspecified atom stereocenters. The van der Waals surface area contributed by atoms with Crippen molar-refractivity contribution in [2.75, 3.05) is 13.1 Å². The molecule has 0 aliphatic carbocycles. The van der Waals surface area contributed by atoms with Gasteiger partial charge in [0.1, 0.15) is 0 Å². The molecule has 6 heteroatoms. The van der Waals surface area contributed by atoms with Gasteiger partial charge in [-0.3, -0.25) is 20.2 Å². The fourth-order valence-corrected chi connectivity index (χ4v) is 2.10. The lowest BCUT2D eigenvalue weighted by Gasteiger charge is -2.24. The van der Waals surface area contributed by atoms with E-state index in [4.69, 9.17) is 0 Å². The maximum Gasteiger partial charge on any atom is 0.215 e. The molecular formula is C9H18N2O4. The summed E-state index contributed by atoms with van der Waals surface area (Å²) >= 11 is 0. The molecule has 0 aromatic heterocycles. The first-order valence-electron chi connectivity index (χ1n) is 5.19. The zero-order valence-electron chi connectivity index (χ0n) is 9.27. The molecule has 0 saturated heterocycles. The van der Waals surface area contributed by atoms with E-state index in [0.29, 0.717) is 12.8 Å². The number of nitrogens with zero attached hydrogens (tertiary/aromatic N) is 2. The van der Waals surface area contributed by atoms with Gasteiger partial charge >= 0.3 is 0 Å². The van der Waals surface area contributed by atoms with Crippen LogP contribution in [-0.2, 0) is 0 Å². The van der Waals surface area contributed by atoms with E-state index in [1.165, 1.54) is 0 Å². The molecule has 0 amide bonds. The van der Waals surface area contributed by atoms with Crippen molar-refractivity contribution in [1.29, 1.82) is 0 Å². The third-order valence-electron chi connectivity index (χ3n) is 2.49. The number of rotatable bonds is 8. The number of hydrogen-bond acceptors (Lipinski definition) is 4. The first-order chi connectivity index (χ1) is 6.95. The summed E-state index contributed by atoms with van der Waals surface area (Å²) in [7, 11) is 0. The van der Waals surface area contributed by atoms with Crippen LogP contribution in [-0.4, -0.2) is 22.9 Å².